The van der Waals surface area contributed by atoms with Gasteiger partial charge in [0.1, 0.15) is 5.75 Å². The van der Waals surface area contributed by atoms with Crippen LogP contribution in [-0.4, -0.2) is 57.4 Å². The fraction of sp³-hybridized carbons (Fsp3) is 0.391. The number of amides is 2. The molecular weight excluding hydrogens is 462 g/mol. The van der Waals surface area contributed by atoms with Gasteiger partial charge in [-0.25, -0.2) is 8.42 Å². The molecule has 4 rings (SSSR count). The van der Waals surface area contributed by atoms with E-state index in [1.165, 1.54) is 16.4 Å². The molecule has 2 aromatic carbocycles. The summed E-state index contributed by atoms with van der Waals surface area (Å²) in [6.45, 7) is 1.21. The van der Waals surface area contributed by atoms with Gasteiger partial charge in [0.15, 0.2) is 18.1 Å². The van der Waals surface area contributed by atoms with Crippen LogP contribution in [0.1, 0.15) is 19.3 Å². The highest BCUT2D eigenvalue weighted by atomic mass is 32.2. The number of nitrogens with one attached hydrogen (secondary N) is 1. The lowest BCUT2D eigenvalue weighted by Crippen LogP contribution is -2.41. The van der Waals surface area contributed by atoms with Crippen molar-refractivity contribution in [1.82, 2.24) is 4.31 Å². The van der Waals surface area contributed by atoms with Gasteiger partial charge < -0.3 is 25.3 Å². The van der Waals surface area contributed by atoms with Crippen LogP contribution in [-0.2, 0) is 19.6 Å². The fourth-order valence-electron chi connectivity index (χ4n) is 3.87. The summed E-state index contributed by atoms with van der Waals surface area (Å²) in [6, 6.07) is 11.3. The second-order valence-corrected chi connectivity index (χ2v) is 10.0. The zero-order valence-electron chi connectivity index (χ0n) is 18.6. The molecule has 0 aliphatic carbocycles. The van der Waals surface area contributed by atoms with Crippen LogP contribution in [0.4, 0.5) is 5.69 Å². The van der Waals surface area contributed by atoms with E-state index in [0.29, 0.717) is 49.0 Å². The van der Waals surface area contributed by atoms with Gasteiger partial charge in [-0.05, 0) is 37.1 Å². The number of carbonyl (C=O) groups excluding carboxylic acids is 2. The van der Waals surface area contributed by atoms with Gasteiger partial charge in [0.2, 0.25) is 15.9 Å². The molecule has 10 nitrogen and oxygen atoms in total. The Morgan fingerprint density at radius 2 is 1.79 bits per heavy atom. The Hall–Kier alpha value is -3.31. The van der Waals surface area contributed by atoms with Crippen molar-refractivity contribution >= 4 is 27.5 Å². The van der Waals surface area contributed by atoms with E-state index in [0.717, 1.165) is 6.42 Å². The molecule has 2 aliphatic rings. The maximum Gasteiger partial charge on any atom is 0.255 e. The Kier molecular flexibility index (Phi) is 7.23. The van der Waals surface area contributed by atoms with E-state index in [-0.39, 0.29) is 36.4 Å². The highest BCUT2D eigenvalue weighted by molar-refractivity contribution is 7.89. The van der Waals surface area contributed by atoms with Crippen molar-refractivity contribution in [2.45, 2.75) is 24.2 Å². The van der Waals surface area contributed by atoms with Gasteiger partial charge >= 0.3 is 0 Å². The van der Waals surface area contributed by atoms with Crippen molar-refractivity contribution in [3.8, 4) is 17.2 Å². The highest BCUT2D eigenvalue weighted by Gasteiger charge is 2.33. The molecule has 2 aliphatic heterocycles. The standard InChI is InChI=1S/C23H27N3O7S/c24-22(27)15-33-18-4-1-3-17(13-18)25-23(28)16-7-9-26(10-8-16)34(29,30)19-5-6-20-21(14-19)32-12-2-11-31-20/h1,3-6,13-14,16H,2,7-12,15H2,(H2,24,27)(H,25,28). The third-order valence-electron chi connectivity index (χ3n) is 5.66. The molecule has 1 fully saturated rings. The smallest absolute Gasteiger partial charge is 0.255 e. The first-order chi connectivity index (χ1) is 16.3. The predicted octanol–water partition coefficient (Wildman–Crippen LogP) is 1.75. The Morgan fingerprint density at radius 1 is 1.06 bits per heavy atom. The first kappa shape index (κ1) is 23.8. The summed E-state index contributed by atoms with van der Waals surface area (Å²) < 4.78 is 44.2. The average Bonchev–Trinajstić information content (AvgIpc) is 3.08. The monoisotopic (exact) mass is 489 g/mol. The van der Waals surface area contributed by atoms with Gasteiger partial charge in [-0.15, -0.1) is 0 Å². The average molecular weight is 490 g/mol. The second kappa shape index (κ2) is 10.3. The van der Waals surface area contributed by atoms with Crippen LogP contribution >= 0.6 is 0 Å². The van der Waals surface area contributed by atoms with Crippen molar-refractivity contribution in [2.75, 3.05) is 38.2 Å². The molecule has 0 bridgehead atoms. The number of carbonyl (C=O) groups is 2. The fourth-order valence-corrected chi connectivity index (χ4v) is 5.36. The van der Waals surface area contributed by atoms with Gasteiger partial charge in [0.25, 0.3) is 5.91 Å². The lowest BCUT2D eigenvalue weighted by Gasteiger charge is -2.30. The number of hydrogen-bond donors (Lipinski definition) is 2. The molecule has 0 saturated carbocycles. The summed E-state index contributed by atoms with van der Waals surface area (Å²) in [5.74, 6) is 0.256. The minimum Gasteiger partial charge on any atom is -0.490 e. The second-order valence-electron chi connectivity index (χ2n) is 8.11. The number of ether oxygens (including phenoxy) is 3. The molecule has 34 heavy (non-hydrogen) atoms. The molecule has 0 spiro atoms. The summed E-state index contributed by atoms with van der Waals surface area (Å²) in [6.07, 6.45) is 1.53. The quantitative estimate of drug-likeness (QED) is 0.604. The zero-order chi connectivity index (χ0) is 24.1. The van der Waals surface area contributed by atoms with Gasteiger partial charge in [-0.2, -0.15) is 4.31 Å². The number of nitrogens with two attached hydrogens (primary N) is 1. The maximum atomic E-state index is 13.2. The molecule has 3 N–H and O–H groups in total. The molecule has 0 radical (unpaired) electrons. The normalized spacial score (nSPS) is 16.9. The number of fused-ring (bicyclic) bond motifs is 1. The van der Waals surface area contributed by atoms with E-state index in [9.17, 15) is 18.0 Å². The number of sulfonamides is 1. The largest absolute Gasteiger partial charge is 0.490 e. The first-order valence-corrected chi connectivity index (χ1v) is 12.5. The topological polar surface area (TPSA) is 137 Å². The van der Waals surface area contributed by atoms with Crippen molar-refractivity contribution < 1.29 is 32.2 Å². The van der Waals surface area contributed by atoms with Crippen molar-refractivity contribution in [2.24, 2.45) is 11.7 Å². The summed E-state index contributed by atoms with van der Waals surface area (Å²) in [5.41, 5.74) is 5.60. The van der Waals surface area contributed by atoms with Crippen LogP contribution in [0.2, 0.25) is 0 Å². The van der Waals surface area contributed by atoms with Gasteiger partial charge in [0, 0.05) is 43.2 Å². The molecule has 2 aromatic rings. The van der Waals surface area contributed by atoms with E-state index in [1.54, 1.807) is 30.3 Å². The van der Waals surface area contributed by atoms with Gasteiger partial charge in [-0.1, -0.05) is 6.07 Å². The molecule has 11 heteroatoms. The SMILES string of the molecule is NC(=O)COc1cccc(NC(=O)C2CCN(S(=O)(=O)c3ccc4c(c3)OCCCO4)CC2)c1. The lowest BCUT2D eigenvalue weighted by atomic mass is 9.97. The van der Waals surface area contributed by atoms with Crippen molar-refractivity contribution in [3.63, 3.8) is 0 Å². The Labute approximate surface area is 198 Å². The highest BCUT2D eigenvalue weighted by Crippen LogP contribution is 2.34. The molecule has 182 valence electrons. The zero-order valence-corrected chi connectivity index (χ0v) is 19.4. The summed E-state index contributed by atoms with van der Waals surface area (Å²) in [7, 11) is -3.72. The van der Waals surface area contributed by atoms with E-state index < -0.39 is 15.9 Å². The Bertz CT molecular complexity index is 1160. The van der Waals surface area contributed by atoms with Crippen LogP contribution in [0, 0.1) is 5.92 Å². The molecule has 0 atom stereocenters. The molecule has 0 unspecified atom stereocenters. The van der Waals surface area contributed by atoms with Crippen LogP contribution in [0.15, 0.2) is 47.4 Å². The number of benzene rings is 2. The van der Waals surface area contributed by atoms with E-state index in [1.807, 2.05) is 0 Å². The van der Waals surface area contributed by atoms with E-state index in [4.69, 9.17) is 19.9 Å². The first-order valence-electron chi connectivity index (χ1n) is 11.0. The Morgan fingerprint density at radius 3 is 2.53 bits per heavy atom. The van der Waals surface area contributed by atoms with Gasteiger partial charge in [0.05, 0.1) is 18.1 Å². The minimum absolute atomic E-state index is 0.146. The predicted molar refractivity (Wildman–Crippen MR) is 123 cm³/mol. The molecule has 0 aromatic heterocycles. The summed E-state index contributed by atoms with van der Waals surface area (Å²) >= 11 is 0. The number of hydrogen-bond acceptors (Lipinski definition) is 7. The third kappa shape index (κ3) is 5.60. The number of nitrogens with zero attached hydrogens (tertiary/aromatic N) is 1. The minimum atomic E-state index is -3.72. The van der Waals surface area contributed by atoms with E-state index in [2.05, 4.69) is 5.32 Å². The number of piperidine rings is 1. The van der Waals surface area contributed by atoms with E-state index >= 15 is 0 Å². The van der Waals surface area contributed by atoms with Crippen molar-refractivity contribution in [1.29, 1.82) is 0 Å². The maximum absolute atomic E-state index is 13.2. The van der Waals surface area contributed by atoms with Crippen LogP contribution in [0.25, 0.3) is 0 Å². The number of anilines is 1. The number of primary amides is 1. The third-order valence-corrected chi connectivity index (χ3v) is 7.56. The van der Waals surface area contributed by atoms with Gasteiger partial charge in [-0.3, -0.25) is 9.59 Å². The van der Waals surface area contributed by atoms with Crippen LogP contribution in [0.5, 0.6) is 17.2 Å². The summed E-state index contributed by atoms with van der Waals surface area (Å²) in [4.78, 5) is 23.8. The summed E-state index contributed by atoms with van der Waals surface area (Å²) in [5, 5.41) is 2.83. The molecule has 2 amide bonds. The van der Waals surface area contributed by atoms with Crippen molar-refractivity contribution in [3.05, 3.63) is 42.5 Å². The molecular formula is C23H27N3O7S. The Balaban J connectivity index is 1.35. The lowest BCUT2D eigenvalue weighted by molar-refractivity contribution is -0.121. The molecule has 1 saturated heterocycles. The van der Waals surface area contributed by atoms with Crippen LogP contribution in [0.3, 0.4) is 0 Å². The van der Waals surface area contributed by atoms with Crippen LogP contribution < -0.4 is 25.3 Å². The molecule has 2 heterocycles. The number of rotatable bonds is 7.